The second-order valence-corrected chi connectivity index (χ2v) is 11.1. The van der Waals surface area contributed by atoms with Crippen LogP contribution in [0.5, 0.6) is 5.75 Å². The van der Waals surface area contributed by atoms with Crippen LogP contribution in [0.4, 0.5) is 10.7 Å². The number of benzene rings is 2. The summed E-state index contributed by atoms with van der Waals surface area (Å²) in [4.78, 5) is 27.8. The average molecular weight is 497 g/mol. The van der Waals surface area contributed by atoms with Gasteiger partial charge >= 0.3 is 0 Å². The summed E-state index contributed by atoms with van der Waals surface area (Å²) in [5.74, 6) is 0.499. The fourth-order valence-electron chi connectivity index (χ4n) is 4.40. The van der Waals surface area contributed by atoms with E-state index in [2.05, 4.69) is 31.4 Å². The van der Waals surface area contributed by atoms with E-state index in [4.69, 9.17) is 16.3 Å². The van der Waals surface area contributed by atoms with Crippen LogP contribution in [0.2, 0.25) is 5.02 Å². The van der Waals surface area contributed by atoms with Crippen LogP contribution in [0.1, 0.15) is 58.3 Å². The molecule has 0 spiro atoms. The van der Waals surface area contributed by atoms with Crippen LogP contribution < -0.4 is 15.4 Å². The number of carbonyl (C=O) groups is 2. The van der Waals surface area contributed by atoms with E-state index in [0.29, 0.717) is 38.5 Å². The van der Waals surface area contributed by atoms with Gasteiger partial charge in [0.1, 0.15) is 10.8 Å². The Morgan fingerprint density at radius 3 is 2.44 bits per heavy atom. The third-order valence-corrected chi connectivity index (χ3v) is 7.92. The molecular formula is C27H29ClN2O3S. The lowest BCUT2D eigenvalue weighted by Crippen LogP contribution is -2.27. The van der Waals surface area contributed by atoms with Gasteiger partial charge in [-0.1, -0.05) is 56.6 Å². The molecule has 0 saturated heterocycles. The van der Waals surface area contributed by atoms with Crippen LogP contribution in [-0.4, -0.2) is 18.9 Å². The van der Waals surface area contributed by atoms with Gasteiger partial charge in [0.25, 0.3) is 11.8 Å². The largest absolute Gasteiger partial charge is 0.495 e. The zero-order valence-corrected chi connectivity index (χ0v) is 21.4. The van der Waals surface area contributed by atoms with Gasteiger partial charge in [-0.3, -0.25) is 9.59 Å². The molecular weight excluding hydrogens is 468 g/mol. The second kappa shape index (κ2) is 9.80. The van der Waals surface area contributed by atoms with Crippen molar-refractivity contribution in [2.24, 2.45) is 11.3 Å². The molecule has 1 heterocycles. The number of amides is 2. The number of ether oxygens (including phenoxy) is 1. The first-order valence-electron chi connectivity index (χ1n) is 11.3. The Hall–Kier alpha value is -2.83. The fourth-order valence-corrected chi connectivity index (χ4v) is 5.94. The van der Waals surface area contributed by atoms with Gasteiger partial charge in [0.15, 0.2) is 0 Å². The summed E-state index contributed by atoms with van der Waals surface area (Å²) in [6.07, 6.45) is 2.69. The lowest BCUT2D eigenvalue weighted by atomic mass is 9.72. The molecule has 4 rings (SSSR count). The number of hydrogen-bond donors (Lipinski definition) is 2. The van der Waals surface area contributed by atoms with Crippen molar-refractivity contribution in [2.75, 3.05) is 17.7 Å². The van der Waals surface area contributed by atoms with Gasteiger partial charge in [-0.2, -0.15) is 0 Å². The van der Waals surface area contributed by atoms with E-state index in [1.807, 2.05) is 12.1 Å². The summed E-state index contributed by atoms with van der Waals surface area (Å²) in [5.41, 5.74) is 2.68. The quantitative estimate of drug-likeness (QED) is 0.397. The first-order chi connectivity index (χ1) is 16.2. The van der Waals surface area contributed by atoms with E-state index < -0.39 is 0 Å². The van der Waals surface area contributed by atoms with Crippen molar-refractivity contribution >= 4 is 45.4 Å². The highest BCUT2D eigenvalue weighted by atomic mass is 35.5. The Morgan fingerprint density at radius 1 is 1.03 bits per heavy atom. The third-order valence-electron chi connectivity index (χ3n) is 6.42. The highest BCUT2D eigenvalue weighted by Crippen LogP contribution is 2.44. The normalized spacial score (nSPS) is 15.4. The van der Waals surface area contributed by atoms with Crippen molar-refractivity contribution in [2.45, 2.75) is 40.0 Å². The van der Waals surface area contributed by atoms with Gasteiger partial charge in [-0.25, -0.2) is 0 Å². The molecule has 178 valence electrons. The molecule has 7 heteroatoms. The lowest BCUT2D eigenvalue weighted by Gasteiger charge is -2.33. The molecule has 1 aliphatic carbocycles. The molecule has 1 atom stereocenters. The summed E-state index contributed by atoms with van der Waals surface area (Å²) >= 11 is 7.74. The highest BCUT2D eigenvalue weighted by Gasteiger charge is 2.34. The molecule has 1 aromatic heterocycles. The second-order valence-electron chi connectivity index (χ2n) is 9.60. The molecule has 5 nitrogen and oxygen atoms in total. The maximum absolute atomic E-state index is 13.6. The lowest BCUT2D eigenvalue weighted by molar-refractivity contribution is 0.102. The molecule has 0 aliphatic heterocycles. The van der Waals surface area contributed by atoms with Gasteiger partial charge in [0, 0.05) is 4.88 Å². The monoisotopic (exact) mass is 496 g/mol. The third kappa shape index (κ3) is 4.98. The Morgan fingerprint density at radius 2 is 1.74 bits per heavy atom. The number of halogens is 1. The highest BCUT2D eigenvalue weighted by molar-refractivity contribution is 7.17. The van der Waals surface area contributed by atoms with E-state index in [-0.39, 0.29) is 17.2 Å². The topological polar surface area (TPSA) is 67.4 Å². The number of para-hydroxylation sites is 2. The van der Waals surface area contributed by atoms with Crippen LogP contribution in [0.25, 0.3) is 0 Å². The number of carbonyl (C=O) groups excluding carboxylic acids is 2. The molecule has 3 aromatic rings. The molecule has 0 fully saturated rings. The molecule has 0 radical (unpaired) electrons. The number of fused-ring (bicyclic) bond motifs is 1. The fraction of sp³-hybridized carbons (Fsp3) is 0.333. The summed E-state index contributed by atoms with van der Waals surface area (Å²) in [5, 5.41) is 6.88. The van der Waals surface area contributed by atoms with Crippen molar-refractivity contribution in [3.8, 4) is 5.75 Å². The minimum absolute atomic E-state index is 0.169. The summed E-state index contributed by atoms with van der Waals surface area (Å²) in [6, 6.07) is 14.2. The zero-order chi connectivity index (χ0) is 24.5. The van der Waals surface area contributed by atoms with Gasteiger partial charge in [-0.15, -0.1) is 11.3 Å². The summed E-state index contributed by atoms with van der Waals surface area (Å²) in [7, 11) is 1.57. The molecule has 0 bridgehead atoms. The predicted molar refractivity (Wildman–Crippen MR) is 140 cm³/mol. The number of nitrogens with one attached hydrogen (secondary N) is 2. The van der Waals surface area contributed by atoms with E-state index in [1.165, 1.54) is 11.3 Å². The minimum atomic E-state index is -0.331. The molecule has 2 aromatic carbocycles. The Labute approximate surface area is 209 Å². The summed E-state index contributed by atoms with van der Waals surface area (Å²) in [6.45, 7) is 6.77. The number of anilines is 2. The smallest absolute Gasteiger partial charge is 0.259 e. The first-order valence-corrected chi connectivity index (χ1v) is 12.5. The van der Waals surface area contributed by atoms with Crippen molar-refractivity contribution in [1.82, 2.24) is 0 Å². The van der Waals surface area contributed by atoms with Crippen LogP contribution >= 0.6 is 22.9 Å². The van der Waals surface area contributed by atoms with Crippen molar-refractivity contribution in [1.29, 1.82) is 0 Å². The Balaban J connectivity index is 1.71. The van der Waals surface area contributed by atoms with E-state index >= 15 is 0 Å². The van der Waals surface area contributed by atoms with E-state index in [0.717, 1.165) is 29.7 Å². The van der Waals surface area contributed by atoms with E-state index in [1.54, 1.807) is 43.5 Å². The van der Waals surface area contributed by atoms with Gasteiger partial charge in [0.05, 0.1) is 28.9 Å². The maximum atomic E-state index is 13.6. The van der Waals surface area contributed by atoms with E-state index in [9.17, 15) is 9.59 Å². The van der Waals surface area contributed by atoms with Crippen LogP contribution in [0.15, 0.2) is 48.5 Å². The van der Waals surface area contributed by atoms with Crippen LogP contribution in [-0.2, 0) is 12.8 Å². The Kier molecular flexibility index (Phi) is 7.01. The molecule has 34 heavy (non-hydrogen) atoms. The average Bonchev–Trinajstić information content (AvgIpc) is 3.16. The predicted octanol–water partition coefficient (Wildman–Crippen LogP) is 7.07. The van der Waals surface area contributed by atoms with Crippen molar-refractivity contribution < 1.29 is 14.3 Å². The van der Waals surface area contributed by atoms with Crippen molar-refractivity contribution in [3.05, 3.63) is 75.1 Å². The summed E-state index contributed by atoms with van der Waals surface area (Å²) < 4.78 is 5.40. The number of rotatable bonds is 5. The molecule has 0 unspecified atom stereocenters. The minimum Gasteiger partial charge on any atom is -0.495 e. The SMILES string of the molecule is COc1ccccc1NC(=O)c1c(NC(=O)c2ccccc2Cl)sc2c1CC[C@H](C(C)(C)C)C2. The van der Waals surface area contributed by atoms with Gasteiger partial charge < -0.3 is 15.4 Å². The number of hydrogen-bond acceptors (Lipinski definition) is 4. The molecule has 2 N–H and O–H groups in total. The molecule has 0 saturated carbocycles. The molecule has 1 aliphatic rings. The number of thiophene rings is 1. The van der Waals surface area contributed by atoms with Crippen LogP contribution in [0.3, 0.4) is 0 Å². The van der Waals surface area contributed by atoms with Crippen molar-refractivity contribution in [3.63, 3.8) is 0 Å². The zero-order valence-electron chi connectivity index (χ0n) is 19.8. The molecule has 2 amide bonds. The standard InChI is InChI=1S/C27H29ClN2O3S/c1-27(2,3)16-13-14-18-22(15-16)34-26(30-24(31)17-9-5-6-10-19(17)28)23(18)25(32)29-20-11-7-8-12-21(20)33-4/h5-12,16H,13-15H2,1-4H3,(H,29,32)(H,30,31)/t16-/m0/s1. The Bertz CT molecular complexity index is 1230. The van der Waals surface area contributed by atoms with Gasteiger partial charge in [-0.05, 0) is 60.4 Å². The van der Waals surface area contributed by atoms with Crippen LogP contribution in [0, 0.1) is 11.3 Å². The maximum Gasteiger partial charge on any atom is 0.259 e. The van der Waals surface area contributed by atoms with Gasteiger partial charge in [0.2, 0.25) is 0 Å². The number of methoxy groups -OCH3 is 1. The first kappa shape index (κ1) is 24.3.